The lowest BCUT2D eigenvalue weighted by Gasteiger charge is -2.16. The second kappa shape index (κ2) is 6.40. The van der Waals surface area contributed by atoms with Gasteiger partial charge in [-0.1, -0.05) is 24.3 Å². The lowest BCUT2D eigenvalue weighted by Crippen LogP contribution is -2.37. The Balaban J connectivity index is 2.47. The van der Waals surface area contributed by atoms with E-state index >= 15 is 0 Å². The van der Waals surface area contributed by atoms with Crippen LogP contribution in [0.4, 0.5) is 0 Å². The van der Waals surface area contributed by atoms with Crippen molar-refractivity contribution in [1.29, 1.82) is 0 Å². The second-order valence-corrected chi connectivity index (χ2v) is 4.78. The van der Waals surface area contributed by atoms with Gasteiger partial charge in [-0.15, -0.1) is 0 Å². The lowest BCUT2D eigenvalue weighted by atomic mass is 10.0. The quantitative estimate of drug-likeness (QED) is 0.816. The molecule has 1 aromatic rings. The van der Waals surface area contributed by atoms with Crippen molar-refractivity contribution in [3.8, 4) is 0 Å². The van der Waals surface area contributed by atoms with Crippen molar-refractivity contribution in [2.75, 3.05) is 0 Å². The molecule has 17 heavy (non-hydrogen) atoms. The third-order valence-electron chi connectivity index (χ3n) is 2.74. The molecule has 0 aliphatic heterocycles. The predicted molar refractivity (Wildman–Crippen MR) is 70.8 cm³/mol. The first kappa shape index (κ1) is 13.7. The summed E-state index contributed by atoms with van der Waals surface area (Å²) in [6.45, 7) is 5.96. The van der Waals surface area contributed by atoms with Crippen molar-refractivity contribution < 1.29 is 4.79 Å². The fourth-order valence-corrected chi connectivity index (χ4v) is 1.92. The van der Waals surface area contributed by atoms with Crippen LogP contribution in [0.3, 0.4) is 0 Å². The molecule has 3 nitrogen and oxygen atoms in total. The number of nitrogens with two attached hydrogens (primary N) is 1. The van der Waals surface area contributed by atoms with Crippen molar-refractivity contribution >= 4 is 5.91 Å². The van der Waals surface area contributed by atoms with Gasteiger partial charge in [0.15, 0.2) is 0 Å². The molecule has 3 heteroatoms. The van der Waals surface area contributed by atoms with E-state index in [0.717, 1.165) is 17.5 Å². The molecule has 2 atom stereocenters. The summed E-state index contributed by atoms with van der Waals surface area (Å²) in [6, 6.07) is 8.20. The van der Waals surface area contributed by atoms with Gasteiger partial charge in [0.25, 0.3) is 0 Å². The Morgan fingerprint density at radius 2 is 2.00 bits per heavy atom. The molecule has 94 valence electrons. The Hall–Kier alpha value is -1.35. The molecular formula is C14H22N2O. The maximum Gasteiger partial charge on any atom is 0.224 e. The topological polar surface area (TPSA) is 55.1 Å². The van der Waals surface area contributed by atoms with Crippen LogP contribution in [0.25, 0.3) is 0 Å². The number of amides is 1. The van der Waals surface area contributed by atoms with Crippen molar-refractivity contribution in [1.82, 2.24) is 5.32 Å². The molecule has 0 aliphatic carbocycles. The highest BCUT2D eigenvalue weighted by Crippen LogP contribution is 2.07. The minimum absolute atomic E-state index is 0.0625. The van der Waals surface area contributed by atoms with Crippen LogP contribution in [0, 0.1) is 6.92 Å². The SMILES string of the molecule is Cc1ccccc1CC(=O)NC(C)CC(C)N. The molecule has 0 aliphatic rings. The van der Waals surface area contributed by atoms with Gasteiger partial charge in [0.2, 0.25) is 5.91 Å². The van der Waals surface area contributed by atoms with E-state index in [0.29, 0.717) is 6.42 Å². The normalized spacial score (nSPS) is 14.1. The number of nitrogens with one attached hydrogen (secondary N) is 1. The molecule has 0 saturated carbocycles. The third kappa shape index (κ3) is 5.00. The second-order valence-electron chi connectivity index (χ2n) is 4.78. The molecule has 1 rings (SSSR count). The number of carbonyl (C=O) groups is 1. The zero-order valence-electron chi connectivity index (χ0n) is 10.9. The average molecular weight is 234 g/mol. The van der Waals surface area contributed by atoms with Gasteiger partial charge in [0.05, 0.1) is 6.42 Å². The smallest absolute Gasteiger partial charge is 0.224 e. The molecule has 0 bridgehead atoms. The third-order valence-corrected chi connectivity index (χ3v) is 2.74. The van der Waals surface area contributed by atoms with Crippen LogP contribution in [0.1, 0.15) is 31.4 Å². The van der Waals surface area contributed by atoms with Gasteiger partial charge >= 0.3 is 0 Å². The standard InChI is InChI=1S/C14H22N2O/c1-10-6-4-5-7-13(10)9-14(17)16-12(3)8-11(2)15/h4-7,11-12H,8-9,15H2,1-3H3,(H,16,17). The molecule has 0 fully saturated rings. The molecule has 1 amide bonds. The van der Waals surface area contributed by atoms with E-state index < -0.39 is 0 Å². The van der Waals surface area contributed by atoms with E-state index in [1.807, 2.05) is 45.0 Å². The molecular weight excluding hydrogens is 212 g/mol. The summed E-state index contributed by atoms with van der Waals surface area (Å²) in [4.78, 5) is 11.8. The molecule has 0 saturated heterocycles. The number of carbonyl (C=O) groups excluding carboxylic acids is 1. The van der Waals surface area contributed by atoms with E-state index in [9.17, 15) is 4.79 Å². The maximum atomic E-state index is 11.8. The van der Waals surface area contributed by atoms with Gasteiger partial charge in [-0.3, -0.25) is 4.79 Å². The number of aryl methyl sites for hydroxylation is 1. The molecule has 2 unspecified atom stereocenters. The highest BCUT2D eigenvalue weighted by atomic mass is 16.1. The first-order chi connectivity index (χ1) is 7.99. The van der Waals surface area contributed by atoms with Gasteiger partial charge < -0.3 is 11.1 Å². The Morgan fingerprint density at radius 1 is 1.35 bits per heavy atom. The summed E-state index contributed by atoms with van der Waals surface area (Å²) in [5.41, 5.74) is 7.93. The van der Waals surface area contributed by atoms with Gasteiger partial charge in [0.1, 0.15) is 0 Å². The van der Waals surface area contributed by atoms with Gasteiger partial charge in [-0.2, -0.15) is 0 Å². The van der Waals surface area contributed by atoms with Gasteiger partial charge in [-0.25, -0.2) is 0 Å². The monoisotopic (exact) mass is 234 g/mol. The van der Waals surface area contributed by atoms with Crippen molar-refractivity contribution in [2.45, 2.75) is 45.7 Å². The molecule has 0 spiro atoms. The van der Waals surface area contributed by atoms with Crippen molar-refractivity contribution in [2.24, 2.45) is 5.73 Å². The van der Waals surface area contributed by atoms with Crippen LogP contribution in [0.5, 0.6) is 0 Å². The average Bonchev–Trinajstić information content (AvgIpc) is 2.19. The molecule has 3 N–H and O–H groups in total. The van der Waals surface area contributed by atoms with Gasteiger partial charge in [0, 0.05) is 12.1 Å². The van der Waals surface area contributed by atoms with Crippen LogP contribution in [0.2, 0.25) is 0 Å². The van der Waals surface area contributed by atoms with E-state index in [-0.39, 0.29) is 18.0 Å². The Bertz CT molecular complexity index is 374. The summed E-state index contributed by atoms with van der Waals surface area (Å²) in [6.07, 6.45) is 1.25. The highest BCUT2D eigenvalue weighted by Gasteiger charge is 2.10. The first-order valence-corrected chi connectivity index (χ1v) is 6.08. The van der Waals surface area contributed by atoms with Crippen molar-refractivity contribution in [3.63, 3.8) is 0 Å². The van der Waals surface area contributed by atoms with Crippen molar-refractivity contribution in [3.05, 3.63) is 35.4 Å². The maximum absolute atomic E-state index is 11.8. The van der Waals surface area contributed by atoms with Gasteiger partial charge in [-0.05, 0) is 38.3 Å². The largest absolute Gasteiger partial charge is 0.353 e. The van der Waals surface area contributed by atoms with Crippen LogP contribution >= 0.6 is 0 Å². The van der Waals surface area contributed by atoms with Crippen LogP contribution in [0.15, 0.2) is 24.3 Å². The fraction of sp³-hybridized carbons (Fsp3) is 0.500. The van der Waals surface area contributed by atoms with Crippen LogP contribution < -0.4 is 11.1 Å². The zero-order chi connectivity index (χ0) is 12.8. The van der Waals surface area contributed by atoms with Crippen LogP contribution in [-0.4, -0.2) is 18.0 Å². The van der Waals surface area contributed by atoms with E-state index in [2.05, 4.69) is 5.32 Å². The summed E-state index contributed by atoms with van der Waals surface area (Å²) < 4.78 is 0. The Morgan fingerprint density at radius 3 is 2.59 bits per heavy atom. The van der Waals surface area contributed by atoms with E-state index in [4.69, 9.17) is 5.73 Å². The predicted octanol–water partition coefficient (Wildman–Crippen LogP) is 1.78. The molecule has 0 heterocycles. The molecule has 0 radical (unpaired) electrons. The Labute approximate surface area is 103 Å². The molecule has 1 aromatic carbocycles. The zero-order valence-corrected chi connectivity index (χ0v) is 10.9. The van der Waals surface area contributed by atoms with Crippen LogP contribution in [-0.2, 0) is 11.2 Å². The highest BCUT2D eigenvalue weighted by molar-refractivity contribution is 5.79. The minimum atomic E-state index is 0.0625. The first-order valence-electron chi connectivity index (χ1n) is 6.08. The lowest BCUT2D eigenvalue weighted by molar-refractivity contribution is -0.121. The van der Waals surface area contributed by atoms with E-state index in [1.165, 1.54) is 0 Å². The molecule has 0 aromatic heterocycles. The summed E-state index contributed by atoms with van der Waals surface area (Å²) >= 11 is 0. The number of hydrogen-bond donors (Lipinski definition) is 2. The van der Waals surface area contributed by atoms with E-state index in [1.54, 1.807) is 0 Å². The fourth-order valence-electron chi connectivity index (χ4n) is 1.92. The number of rotatable bonds is 5. The Kier molecular flexibility index (Phi) is 5.16. The number of benzene rings is 1. The summed E-state index contributed by atoms with van der Waals surface area (Å²) in [5.74, 6) is 0.0625. The minimum Gasteiger partial charge on any atom is -0.353 e. The number of hydrogen-bond acceptors (Lipinski definition) is 2. The summed E-state index contributed by atoms with van der Waals surface area (Å²) in [5, 5.41) is 2.97. The summed E-state index contributed by atoms with van der Waals surface area (Å²) in [7, 11) is 0.